The average molecular weight is 376 g/mol. The lowest BCUT2D eigenvalue weighted by Gasteiger charge is -2.09. The summed E-state index contributed by atoms with van der Waals surface area (Å²) in [5, 5.41) is 4.80. The van der Waals surface area contributed by atoms with Gasteiger partial charge in [-0.15, -0.1) is 0 Å². The number of rotatable bonds is 7. The van der Waals surface area contributed by atoms with E-state index in [4.69, 9.17) is 9.47 Å². The molecule has 0 saturated carbocycles. The molecule has 0 bridgehead atoms. The van der Waals surface area contributed by atoms with Gasteiger partial charge in [-0.2, -0.15) is 5.10 Å². The molecule has 0 saturated heterocycles. The van der Waals surface area contributed by atoms with Crippen LogP contribution < -0.4 is 15.0 Å². The van der Waals surface area contributed by atoms with Gasteiger partial charge in [0.15, 0.2) is 5.65 Å². The van der Waals surface area contributed by atoms with Gasteiger partial charge in [-0.05, 0) is 43.3 Å². The Morgan fingerprint density at radius 2 is 1.68 bits per heavy atom. The quantitative estimate of drug-likeness (QED) is 0.496. The molecule has 2 aromatic heterocycles. The van der Waals surface area contributed by atoms with Crippen molar-refractivity contribution in [2.24, 2.45) is 0 Å². The largest absolute Gasteiger partial charge is 0.494 e. The minimum absolute atomic E-state index is 0.137. The zero-order valence-corrected chi connectivity index (χ0v) is 15.5. The minimum Gasteiger partial charge on any atom is -0.494 e. The molecule has 0 atom stereocenters. The van der Waals surface area contributed by atoms with Crippen LogP contribution in [0.3, 0.4) is 0 Å². The number of hydrogen-bond acceptors (Lipinski definition) is 5. The summed E-state index contributed by atoms with van der Waals surface area (Å²) in [5.41, 5.74) is 1.27. The Hall–Kier alpha value is -3.61. The highest BCUT2D eigenvalue weighted by atomic mass is 16.5. The van der Waals surface area contributed by atoms with Crippen LogP contribution in [0.2, 0.25) is 0 Å². The fraction of sp³-hybridized carbons (Fsp3) is 0.190. The van der Waals surface area contributed by atoms with Crippen molar-refractivity contribution in [1.29, 1.82) is 0 Å². The van der Waals surface area contributed by atoms with E-state index in [0.29, 0.717) is 30.8 Å². The molecule has 2 heterocycles. The van der Waals surface area contributed by atoms with Crippen molar-refractivity contribution < 1.29 is 9.47 Å². The van der Waals surface area contributed by atoms with Crippen molar-refractivity contribution in [3.05, 3.63) is 77.5 Å². The molecular weight excluding hydrogens is 356 g/mol. The van der Waals surface area contributed by atoms with Crippen LogP contribution in [0.1, 0.15) is 6.92 Å². The third-order valence-electron chi connectivity index (χ3n) is 4.29. The van der Waals surface area contributed by atoms with Crippen molar-refractivity contribution in [3.63, 3.8) is 0 Å². The molecule has 0 aliphatic heterocycles. The number of hydrogen-bond donors (Lipinski definition) is 0. The highest BCUT2D eigenvalue weighted by Crippen LogP contribution is 2.17. The first-order valence-corrected chi connectivity index (χ1v) is 9.10. The smallest absolute Gasteiger partial charge is 0.264 e. The molecule has 7 heteroatoms. The monoisotopic (exact) mass is 376 g/mol. The summed E-state index contributed by atoms with van der Waals surface area (Å²) in [7, 11) is 0. The van der Waals surface area contributed by atoms with Gasteiger partial charge in [0.1, 0.15) is 29.8 Å². The van der Waals surface area contributed by atoms with Gasteiger partial charge in [0.25, 0.3) is 5.56 Å². The second kappa shape index (κ2) is 7.96. The Bertz CT molecular complexity index is 1120. The number of aromatic nitrogens is 4. The first-order valence-electron chi connectivity index (χ1n) is 9.10. The van der Waals surface area contributed by atoms with E-state index in [0.717, 1.165) is 17.2 Å². The van der Waals surface area contributed by atoms with Gasteiger partial charge in [0, 0.05) is 0 Å². The Balaban J connectivity index is 1.47. The van der Waals surface area contributed by atoms with Gasteiger partial charge in [0.2, 0.25) is 0 Å². The van der Waals surface area contributed by atoms with Crippen molar-refractivity contribution in [2.75, 3.05) is 13.2 Å². The van der Waals surface area contributed by atoms with Crippen molar-refractivity contribution in [3.8, 4) is 17.2 Å². The maximum atomic E-state index is 12.7. The second-order valence-corrected chi connectivity index (χ2v) is 6.13. The van der Waals surface area contributed by atoms with E-state index in [-0.39, 0.29) is 5.56 Å². The van der Waals surface area contributed by atoms with Crippen LogP contribution in [-0.2, 0) is 6.54 Å². The third-order valence-corrected chi connectivity index (χ3v) is 4.29. The molecule has 0 spiro atoms. The zero-order valence-electron chi connectivity index (χ0n) is 15.5. The predicted molar refractivity (Wildman–Crippen MR) is 106 cm³/mol. The van der Waals surface area contributed by atoms with Crippen molar-refractivity contribution in [2.45, 2.75) is 13.5 Å². The van der Waals surface area contributed by atoms with Crippen LogP contribution in [0.25, 0.3) is 16.7 Å². The maximum Gasteiger partial charge on any atom is 0.264 e. The van der Waals surface area contributed by atoms with Crippen molar-refractivity contribution >= 4 is 11.0 Å². The van der Waals surface area contributed by atoms with E-state index in [2.05, 4.69) is 10.1 Å². The molecule has 0 radical (unpaired) electrons. The normalized spacial score (nSPS) is 10.9. The van der Waals surface area contributed by atoms with Gasteiger partial charge in [-0.25, -0.2) is 9.67 Å². The number of ether oxygens (including phenoxy) is 2. The Morgan fingerprint density at radius 3 is 2.39 bits per heavy atom. The van der Waals surface area contributed by atoms with E-state index < -0.39 is 0 Å². The lowest BCUT2D eigenvalue weighted by atomic mass is 10.3. The van der Waals surface area contributed by atoms with Gasteiger partial charge in [0.05, 0.1) is 25.0 Å². The summed E-state index contributed by atoms with van der Waals surface area (Å²) in [6, 6.07) is 17.0. The van der Waals surface area contributed by atoms with Crippen LogP contribution in [-0.4, -0.2) is 32.5 Å². The van der Waals surface area contributed by atoms with Crippen molar-refractivity contribution in [1.82, 2.24) is 19.3 Å². The molecule has 0 aliphatic rings. The van der Waals surface area contributed by atoms with Crippen LogP contribution in [0.15, 0.2) is 71.9 Å². The molecule has 4 rings (SSSR count). The molecule has 0 amide bonds. The SMILES string of the molecule is CCOc1ccc(OCCn2cnc3c(cnn3-c3ccccc3)c2=O)cc1. The summed E-state index contributed by atoms with van der Waals surface area (Å²) < 4.78 is 14.3. The number of benzene rings is 2. The first-order chi connectivity index (χ1) is 13.8. The highest BCUT2D eigenvalue weighted by molar-refractivity contribution is 5.74. The van der Waals surface area contributed by atoms with Crippen LogP contribution in [0.4, 0.5) is 0 Å². The van der Waals surface area contributed by atoms with E-state index in [1.54, 1.807) is 10.9 Å². The topological polar surface area (TPSA) is 71.2 Å². The maximum absolute atomic E-state index is 12.7. The molecule has 4 aromatic rings. The van der Waals surface area contributed by atoms with Gasteiger partial charge >= 0.3 is 0 Å². The Morgan fingerprint density at radius 1 is 0.964 bits per heavy atom. The second-order valence-electron chi connectivity index (χ2n) is 6.13. The van der Waals surface area contributed by atoms with E-state index in [1.807, 2.05) is 61.5 Å². The molecule has 0 N–H and O–H groups in total. The minimum atomic E-state index is -0.137. The molecule has 28 heavy (non-hydrogen) atoms. The number of nitrogens with zero attached hydrogens (tertiary/aromatic N) is 4. The number of para-hydroxylation sites is 1. The third kappa shape index (κ3) is 3.59. The van der Waals surface area contributed by atoms with Crippen LogP contribution in [0, 0.1) is 0 Å². The first kappa shape index (κ1) is 17.8. The molecule has 7 nitrogen and oxygen atoms in total. The molecular formula is C21H20N4O3. The summed E-state index contributed by atoms with van der Waals surface area (Å²) in [5.74, 6) is 1.53. The van der Waals surface area contributed by atoms with E-state index in [9.17, 15) is 4.79 Å². The van der Waals surface area contributed by atoms with Gasteiger partial charge < -0.3 is 9.47 Å². The van der Waals surface area contributed by atoms with Crippen LogP contribution in [0.5, 0.6) is 11.5 Å². The summed E-state index contributed by atoms with van der Waals surface area (Å²) in [6.07, 6.45) is 3.09. The number of fused-ring (bicyclic) bond motifs is 1. The highest BCUT2D eigenvalue weighted by Gasteiger charge is 2.11. The fourth-order valence-electron chi connectivity index (χ4n) is 2.93. The zero-order chi connectivity index (χ0) is 19.3. The predicted octanol–water partition coefficient (Wildman–Crippen LogP) is 3.06. The molecule has 2 aromatic carbocycles. The van der Waals surface area contributed by atoms with E-state index >= 15 is 0 Å². The van der Waals surface area contributed by atoms with Gasteiger partial charge in [-0.1, -0.05) is 18.2 Å². The van der Waals surface area contributed by atoms with E-state index in [1.165, 1.54) is 10.9 Å². The molecule has 0 aliphatic carbocycles. The molecule has 142 valence electrons. The summed E-state index contributed by atoms with van der Waals surface area (Å²) in [4.78, 5) is 17.2. The Labute approximate surface area is 161 Å². The standard InChI is InChI=1S/C21H20N4O3/c1-2-27-17-8-10-18(11-9-17)28-13-12-24-15-22-20-19(21(24)26)14-23-25(20)16-6-4-3-5-7-16/h3-11,14-15H,2,12-13H2,1H3. The molecule has 0 unspecified atom stereocenters. The van der Waals surface area contributed by atoms with Gasteiger partial charge in [-0.3, -0.25) is 9.36 Å². The fourth-order valence-corrected chi connectivity index (χ4v) is 2.93. The summed E-state index contributed by atoms with van der Waals surface area (Å²) >= 11 is 0. The lowest BCUT2D eigenvalue weighted by molar-refractivity contribution is 0.294. The lowest BCUT2D eigenvalue weighted by Crippen LogP contribution is -2.23. The molecule has 0 fully saturated rings. The average Bonchev–Trinajstić information content (AvgIpc) is 3.17. The summed E-state index contributed by atoms with van der Waals surface area (Å²) in [6.45, 7) is 3.31. The Kier molecular flexibility index (Phi) is 5.05. The van der Waals surface area contributed by atoms with Crippen LogP contribution >= 0.6 is 0 Å².